The van der Waals surface area contributed by atoms with Crippen molar-refractivity contribution in [2.45, 2.75) is 131 Å². The Morgan fingerprint density at radius 1 is 0.311 bits per heavy atom. The molecule has 0 unspecified atom stereocenters. The van der Waals surface area contributed by atoms with Gasteiger partial charge in [-0.15, -0.1) is 0 Å². The minimum absolute atomic E-state index is 0.0155. The molecule has 0 saturated carbocycles. The van der Waals surface area contributed by atoms with Crippen LogP contribution in [0.15, 0.2) is 176 Å². The highest BCUT2D eigenvalue weighted by molar-refractivity contribution is 6.27. The lowest BCUT2D eigenvalue weighted by Crippen LogP contribution is -2.16. The largest absolute Gasteiger partial charge is 0.309 e. The van der Waals surface area contributed by atoms with Crippen LogP contribution in [0, 0.1) is 0 Å². The molecule has 0 radical (unpaired) electrons. The molecule has 0 saturated heterocycles. The number of para-hydroxylation sites is 1. The molecule has 1 heterocycles. The van der Waals surface area contributed by atoms with Gasteiger partial charge in [-0.25, -0.2) is 0 Å². The lowest BCUT2D eigenvalue weighted by Gasteiger charge is -2.31. The van der Waals surface area contributed by atoms with Gasteiger partial charge in [0.2, 0.25) is 0 Å². The summed E-state index contributed by atoms with van der Waals surface area (Å²) in [5, 5.41) is 10.1. The van der Waals surface area contributed by atoms with Crippen molar-refractivity contribution in [2.75, 3.05) is 4.90 Å². The molecule has 0 N–H and O–H groups in total. The predicted octanol–water partition coefficient (Wildman–Crippen LogP) is 21.0. The van der Waals surface area contributed by atoms with E-state index in [-0.39, 0.29) is 27.1 Å². The van der Waals surface area contributed by atoms with Crippen LogP contribution in [0.3, 0.4) is 0 Å². The van der Waals surface area contributed by atoms with Crippen LogP contribution in [-0.4, -0.2) is 4.57 Å². The Morgan fingerprint density at radius 3 is 1.32 bits per heavy atom. The minimum Gasteiger partial charge on any atom is -0.309 e. The number of benzene rings is 10. The summed E-state index contributed by atoms with van der Waals surface area (Å²) in [6.07, 6.45) is 0. The van der Waals surface area contributed by atoms with Crippen LogP contribution in [-0.2, 0) is 27.1 Å². The summed E-state index contributed by atoms with van der Waals surface area (Å²) in [7, 11) is 0. The number of nitrogens with zero attached hydrogens (tertiary/aromatic N) is 2. The van der Waals surface area contributed by atoms with Gasteiger partial charge in [0, 0.05) is 32.8 Å². The molecule has 0 fully saturated rings. The highest BCUT2D eigenvalue weighted by atomic mass is 15.1. The molecular formula is C72H74N2. The number of fused-ring (bicyclic) bond motifs is 3. The van der Waals surface area contributed by atoms with Crippen LogP contribution in [0.5, 0.6) is 0 Å². The van der Waals surface area contributed by atoms with Gasteiger partial charge in [0.15, 0.2) is 0 Å². The van der Waals surface area contributed by atoms with Crippen molar-refractivity contribution in [3.63, 3.8) is 0 Å². The predicted molar refractivity (Wildman–Crippen MR) is 324 cm³/mol. The Kier molecular flexibility index (Phi) is 11.4. The van der Waals surface area contributed by atoms with Gasteiger partial charge < -0.3 is 9.47 Å². The molecule has 372 valence electrons. The van der Waals surface area contributed by atoms with Gasteiger partial charge in [-0.2, -0.15) is 0 Å². The standard InChI is InChI=1S/C72H74N2/c1-68(2,3)50-28-21-45(22-29-50)56-32-25-48(49-39-53(71(10,11)12)42-54(40-49)72(13,14)15)41-65(56)73(55-19-17-16-18-20-55)61-35-26-46-24-34-58-62(36-27-47-23-33-57(61)66(46)67(47)58)74-63-37-30-51(69(4,5)6)43-59(63)60-44-52(70(7,8)9)31-38-64(60)74/h16-44H,1-15H3. The Morgan fingerprint density at radius 2 is 0.784 bits per heavy atom. The number of anilines is 3. The van der Waals surface area contributed by atoms with Crippen LogP contribution in [0.2, 0.25) is 0 Å². The molecule has 74 heavy (non-hydrogen) atoms. The van der Waals surface area contributed by atoms with Crippen molar-refractivity contribution in [2.24, 2.45) is 0 Å². The van der Waals surface area contributed by atoms with Gasteiger partial charge in [-0.3, -0.25) is 0 Å². The summed E-state index contributed by atoms with van der Waals surface area (Å²) in [5.41, 5.74) is 18.6. The third-order valence-corrected chi connectivity index (χ3v) is 15.9. The van der Waals surface area contributed by atoms with Crippen LogP contribution in [0.25, 0.3) is 82.1 Å². The molecule has 11 rings (SSSR count). The molecule has 0 spiro atoms. The summed E-state index contributed by atoms with van der Waals surface area (Å²) in [5.74, 6) is 0. The maximum atomic E-state index is 2.54. The monoisotopic (exact) mass is 967 g/mol. The van der Waals surface area contributed by atoms with Gasteiger partial charge in [-0.1, -0.05) is 225 Å². The van der Waals surface area contributed by atoms with Crippen molar-refractivity contribution in [1.82, 2.24) is 4.57 Å². The van der Waals surface area contributed by atoms with Crippen LogP contribution < -0.4 is 4.90 Å². The van der Waals surface area contributed by atoms with Gasteiger partial charge >= 0.3 is 0 Å². The van der Waals surface area contributed by atoms with Crippen LogP contribution >= 0.6 is 0 Å². The summed E-state index contributed by atoms with van der Waals surface area (Å²) < 4.78 is 2.54. The smallest absolute Gasteiger partial charge is 0.0546 e. The van der Waals surface area contributed by atoms with E-state index in [1.54, 1.807) is 0 Å². The molecular weight excluding hydrogens is 893 g/mol. The Hall–Kier alpha value is -7.16. The quantitative estimate of drug-likeness (QED) is 0.151. The Labute approximate surface area is 441 Å². The van der Waals surface area contributed by atoms with E-state index < -0.39 is 0 Å². The normalized spacial score (nSPS) is 13.1. The zero-order chi connectivity index (χ0) is 52.4. The summed E-state index contributed by atoms with van der Waals surface area (Å²) in [6.45, 7) is 34.8. The first-order valence-corrected chi connectivity index (χ1v) is 26.9. The lowest BCUT2D eigenvalue weighted by atomic mass is 9.79. The van der Waals surface area contributed by atoms with Crippen LogP contribution in [0.1, 0.15) is 132 Å². The van der Waals surface area contributed by atoms with E-state index in [1.807, 2.05) is 0 Å². The van der Waals surface area contributed by atoms with Crippen molar-refractivity contribution in [1.29, 1.82) is 0 Å². The fourth-order valence-corrected chi connectivity index (χ4v) is 11.3. The molecule has 11 aromatic rings. The third kappa shape index (κ3) is 8.55. The average molecular weight is 967 g/mol. The number of hydrogen-bond acceptors (Lipinski definition) is 1. The molecule has 2 heteroatoms. The van der Waals surface area contributed by atoms with E-state index in [0.717, 1.165) is 17.1 Å². The molecule has 2 nitrogen and oxygen atoms in total. The first-order valence-electron chi connectivity index (χ1n) is 26.9. The maximum absolute atomic E-state index is 2.54. The zero-order valence-corrected chi connectivity index (χ0v) is 46.6. The van der Waals surface area contributed by atoms with Gasteiger partial charge in [0.05, 0.1) is 28.1 Å². The van der Waals surface area contributed by atoms with Crippen LogP contribution in [0.4, 0.5) is 17.1 Å². The molecule has 0 amide bonds. The molecule has 0 aliphatic heterocycles. The van der Waals surface area contributed by atoms with Gasteiger partial charge in [0.25, 0.3) is 0 Å². The Bertz CT molecular complexity index is 3840. The number of hydrogen-bond donors (Lipinski definition) is 0. The summed E-state index contributed by atoms with van der Waals surface area (Å²) in [6, 6.07) is 68.0. The van der Waals surface area contributed by atoms with Gasteiger partial charge in [0.1, 0.15) is 0 Å². The number of aromatic nitrogens is 1. The zero-order valence-electron chi connectivity index (χ0n) is 46.6. The first-order chi connectivity index (χ1) is 34.8. The molecule has 0 aliphatic carbocycles. The molecule has 0 bridgehead atoms. The Balaban J connectivity index is 1.19. The third-order valence-electron chi connectivity index (χ3n) is 15.9. The highest BCUT2D eigenvalue weighted by Gasteiger charge is 2.27. The van der Waals surface area contributed by atoms with E-state index in [4.69, 9.17) is 0 Å². The molecule has 10 aromatic carbocycles. The summed E-state index contributed by atoms with van der Waals surface area (Å²) in [4.78, 5) is 2.54. The van der Waals surface area contributed by atoms with Crippen molar-refractivity contribution in [3.8, 4) is 27.9 Å². The second kappa shape index (κ2) is 17.2. The van der Waals surface area contributed by atoms with Crippen molar-refractivity contribution in [3.05, 3.63) is 204 Å². The van der Waals surface area contributed by atoms with E-state index in [1.165, 1.54) is 110 Å². The lowest BCUT2D eigenvalue weighted by molar-refractivity contribution is 0.569. The number of rotatable bonds is 6. The highest BCUT2D eigenvalue weighted by Crippen LogP contribution is 2.49. The van der Waals surface area contributed by atoms with E-state index in [9.17, 15) is 0 Å². The van der Waals surface area contributed by atoms with Crippen molar-refractivity contribution >= 4 is 71.2 Å². The molecule has 0 atom stereocenters. The molecule has 0 aliphatic rings. The average Bonchev–Trinajstić information content (AvgIpc) is 3.68. The SMILES string of the molecule is CC(C)(C)c1ccc(-c2ccc(-c3cc(C(C)(C)C)cc(C(C)(C)C)c3)cc2N(c2ccccc2)c2ccc3ccc4c(-n5c6ccc(C(C)(C)C)cc6c6cc(C(C)(C)C)ccc65)ccc5ccc2c3c54)cc1. The van der Waals surface area contributed by atoms with E-state index >= 15 is 0 Å². The topological polar surface area (TPSA) is 8.17 Å². The van der Waals surface area contributed by atoms with E-state index in [0.29, 0.717) is 0 Å². The fraction of sp³-hybridized carbons (Fsp3) is 0.278. The summed E-state index contributed by atoms with van der Waals surface area (Å²) >= 11 is 0. The first kappa shape index (κ1) is 49.1. The van der Waals surface area contributed by atoms with Gasteiger partial charge in [-0.05, 0) is 148 Å². The second-order valence-corrected chi connectivity index (χ2v) is 26.4. The molecule has 1 aromatic heterocycles. The maximum Gasteiger partial charge on any atom is 0.0546 e. The minimum atomic E-state index is -0.0155. The fourth-order valence-electron chi connectivity index (χ4n) is 11.3. The van der Waals surface area contributed by atoms with E-state index in [2.05, 4.69) is 289 Å². The van der Waals surface area contributed by atoms with Crippen molar-refractivity contribution < 1.29 is 0 Å². The second-order valence-electron chi connectivity index (χ2n) is 26.4.